The molecule has 1 saturated heterocycles. The summed E-state index contributed by atoms with van der Waals surface area (Å²) in [5.74, 6) is 0. The van der Waals surface area contributed by atoms with E-state index in [9.17, 15) is 13.2 Å². The molecule has 2 unspecified atom stereocenters. The van der Waals surface area contributed by atoms with Crippen molar-refractivity contribution in [2.45, 2.75) is 31.2 Å². The number of nitrogens with two attached hydrogens (primary N) is 1. The van der Waals surface area contributed by atoms with Crippen LogP contribution in [0.5, 0.6) is 0 Å². The van der Waals surface area contributed by atoms with Gasteiger partial charge in [-0.05, 0) is 12.8 Å². The van der Waals surface area contributed by atoms with Crippen molar-refractivity contribution < 1.29 is 23.2 Å². The van der Waals surface area contributed by atoms with E-state index in [4.69, 9.17) is 4.74 Å². The Hall–Kier alpha value is -0.290. The standard InChI is InChI=1S/C7H12F3NO/c1-11-6(7(8,9)10)5-3-2-4-12-5/h5-6H,1-4,11H2. The predicted molar refractivity (Wildman–Crippen MR) is 36.1 cm³/mol. The quantitative estimate of drug-likeness (QED) is 0.618. The fourth-order valence-corrected chi connectivity index (χ4v) is 1.38. The van der Waals surface area contributed by atoms with Gasteiger partial charge in [-0.15, -0.1) is 0 Å². The summed E-state index contributed by atoms with van der Waals surface area (Å²) in [6.45, 7) is 0.436. The second kappa shape index (κ2) is 3.62. The van der Waals surface area contributed by atoms with E-state index in [1.165, 1.54) is 0 Å². The number of hydrogen-bond donors (Lipinski definition) is 1. The lowest BCUT2D eigenvalue weighted by Gasteiger charge is -2.24. The zero-order valence-corrected chi connectivity index (χ0v) is 6.60. The Morgan fingerprint density at radius 2 is 2.17 bits per heavy atom. The Labute approximate surface area is 69.1 Å². The molecule has 1 fully saturated rings. The van der Waals surface area contributed by atoms with E-state index in [0.29, 0.717) is 19.4 Å². The molecule has 0 saturated carbocycles. The van der Waals surface area contributed by atoms with Crippen LogP contribution >= 0.6 is 0 Å². The lowest BCUT2D eigenvalue weighted by atomic mass is 10.1. The van der Waals surface area contributed by atoms with Crippen LogP contribution in [0.2, 0.25) is 0 Å². The second-order valence-corrected chi connectivity index (χ2v) is 2.85. The summed E-state index contributed by atoms with van der Waals surface area (Å²) < 4.78 is 41.6. The Kier molecular flexibility index (Phi) is 2.95. The maximum atomic E-state index is 12.2. The van der Waals surface area contributed by atoms with Crippen LogP contribution in [0.4, 0.5) is 13.2 Å². The van der Waals surface area contributed by atoms with Gasteiger partial charge < -0.3 is 10.1 Å². The average molecular weight is 183 g/mol. The Bertz CT molecular complexity index is 142. The summed E-state index contributed by atoms with van der Waals surface area (Å²) in [7, 11) is 3.17. The molecule has 12 heavy (non-hydrogen) atoms. The van der Waals surface area contributed by atoms with Crippen LogP contribution in [0.25, 0.3) is 0 Å². The van der Waals surface area contributed by atoms with Gasteiger partial charge in [-0.3, -0.25) is 0 Å². The summed E-state index contributed by atoms with van der Waals surface area (Å²) in [5, 5.41) is 0.927. The molecule has 0 spiro atoms. The van der Waals surface area contributed by atoms with Gasteiger partial charge in [-0.1, -0.05) is 0 Å². The highest BCUT2D eigenvalue weighted by Crippen LogP contribution is 2.26. The van der Waals surface area contributed by atoms with Crippen molar-refractivity contribution in [2.75, 3.05) is 6.61 Å². The third kappa shape index (κ3) is 2.10. The molecule has 72 valence electrons. The van der Waals surface area contributed by atoms with Crippen molar-refractivity contribution in [3.63, 3.8) is 0 Å². The fraction of sp³-hybridized carbons (Fsp3) is 0.857. The number of halogens is 3. The predicted octanol–water partition coefficient (Wildman–Crippen LogP) is 0.451. The average Bonchev–Trinajstić information content (AvgIpc) is 2.38. The first-order valence-corrected chi connectivity index (χ1v) is 3.86. The molecule has 0 radical (unpaired) electrons. The normalized spacial score (nSPS) is 27.5. The highest BCUT2D eigenvalue weighted by Gasteiger charge is 2.47. The zero-order chi connectivity index (χ0) is 9.19. The third-order valence-corrected chi connectivity index (χ3v) is 2.00. The van der Waals surface area contributed by atoms with E-state index in [1.54, 1.807) is 0 Å². The molecule has 1 heterocycles. The molecule has 2 atom stereocenters. The molecule has 1 aliphatic rings. The number of quaternary nitrogens is 1. The molecule has 1 aliphatic heterocycles. The second-order valence-electron chi connectivity index (χ2n) is 2.85. The van der Waals surface area contributed by atoms with E-state index in [1.807, 2.05) is 0 Å². The van der Waals surface area contributed by atoms with Gasteiger partial charge in [0.1, 0.15) is 6.10 Å². The van der Waals surface area contributed by atoms with E-state index in [0.717, 1.165) is 5.32 Å². The molecule has 2 nitrogen and oxygen atoms in total. The van der Waals surface area contributed by atoms with Gasteiger partial charge in [0.15, 0.2) is 6.04 Å². The van der Waals surface area contributed by atoms with Crippen molar-refractivity contribution in [1.82, 2.24) is 0 Å². The molecule has 0 aromatic heterocycles. The molecule has 0 amide bonds. The van der Waals surface area contributed by atoms with Crippen molar-refractivity contribution in [3.05, 3.63) is 7.05 Å². The minimum Gasteiger partial charge on any atom is -0.467 e. The fourth-order valence-electron chi connectivity index (χ4n) is 1.38. The molecule has 0 aliphatic carbocycles. The minimum atomic E-state index is -4.21. The summed E-state index contributed by atoms with van der Waals surface area (Å²) in [6, 6.07) is -1.50. The highest BCUT2D eigenvalue weighted by atomic mass is 19.4. The molecular weight excluding hydrogens is 171 g/mol. The first kappa shape index (κ1) is 9.80. The molecule has 5 heteroatoms. The minimum absolute atomic E-state index is 0.436. The van der Waals surface area contributed by atoms with Gasteiger partial charge in [-0.25, -0.2) is 0 Å². The SMILES string of the molecule is [CH2-][NH2+]C(C1CCCO1)C(F)(F)F. The number of rotatable bonds is 2. The van der Waals surface area contributed by atoms with E-state index < -0.39 is 18.3 Å². The van der Waals surface area contributed by atoms with Crippen molar-refractivity contribution in [2.24, 2.45) is 0 Å². The monoisotopic (exact) mass is 183 g/mol. The van der Waals surface area contributed by atoms with Crippen LogP contribution in [-0.4, -0.2) is 24.9 Å². The number of hydrogen-bond acceptors (Lipinski definition) is 1. The highest BCUT2D eigenvalue weighted by molar-refractivity contribution is 4.78. The summed E-state index contributed by atoms with van der Waals surface area (Å²) in [4.78, 5) is 0. The Morgan fingerprint density at radius 1 is 1.50 bits per heavy atom. The molecule has 0 aromatic rings. The molecule has 0 aromatic carbocycles. The van der Waals surface area contributed by atoms with E-state index >= 15 is 0 Å². The zero-order valence-electron chi connectivity index (χ0n) is 6.60. The van der Waals surface area contributed by atoms with Crippen LogP contribution in [0, 0.1) is 7.05 Å². The first-order valence-electron chi connectivity index (χ1n) is 3.86. The van der Waals surface area contributed by atoms with Crippen LogP contribution in [0.15, 0.2) is 0 Å². The smallest absolute Gasteiger partial charge is 0.441 e. The Morgan fingerprint density at radius 3 is 2.50 bits per heavy atom. The van der Waals surface area contributed by atoms with E-state index in [2.05, 4.69) is 7.05 Å². The first-order chi connectivity index (χ1) is 5.55. The van der Waals surface area contributed by atoms with Crippen molar-refractivity contribution in [1.29, 1.82) is 0 Å². The van der Waals surface area contributed by atoms with Crippen LogP contribution < -0.4 is 5.32 Å². The van der Waals surface area contributed by atoms with Crippen LogP contribution in [0.3, 0.4) is 0 Å². The molecule has 0 bridgehead atoms. The van der Waals surface area contributed by atoms with Gasteiger partial charge in [0, 0.05) is 6.61 Å². The lowest BCUT2D eigenvalue weighted by molar-refractivity contribution is -0.671. The Balaban J connectivity index is 2.54. The summed E-state index contributed by atoms with van der Waals surface area (Å²) >= 11 is 0. The van der Waals surface area contributed by atoms with Gasteiger partial charge in [0.05, 0.1) is 0 Å². The molecule has 1 rings (SSSR count). The summed E-state index contributed by atoms with van der Waals surface area (Å²) in [6.07, 6.45) is -3.72. The van der Waals surface area contributed by atoms with E-state index in [-0.39, 0.29) is 0 Å². The van der Waals surface area contributed by atoms with Crippen molar-refractivity contribution in [3.8, 4) is 0 Å². The summed E-state index contributed by atoms with van der Waals surface area (Å²) in [5.41, 5.74) is 0. The third-order valence-electron chi connectivity index (χ3n) is 2.00. The maximum Gasteiger partial charge on any atom is 0.441 e. The number of ether oxygens (including phenoxy) is 1. The van der Waals surface area contributed by atoms with Gasteiger partial charge in [0.25, 0.3) is 0 Å². The lowest BCUT2D eigenvalue weighted by Crippen LogP contribution is -2.90. The maximum absolute atomic E-state index is 12.2. The topological polar surface area (TPSA) is 25.8 Å². The van der Waals surface area contributed by atoms with Crippen molar-refractivity contribution >= 4 is 0 Å². The molecular formula is C7H12F3NO. The van der Waals surface area contributed by atoms with Gasteiger partial charge in [-0.2, -0.15) is 20.2 Å². The van der Waals surface area contributed by atoms with Crippen LogP contribution in [0.1, 0.15) is 12.8 Å². The van der Waals surface area contributed by atoms with Gasteiger partial charge >= 0.3 is 6.18 Å². The number of alkyl halides is 3. The largest absolute Gasteiger partial charge is 0.467 e. The van der Waals surface area contributed by atoms with Gasteiger partial charge in [0.2, 0.25) is 0 Å². The van der Waals surface area contributed by atoms with Crippen LogP contribution in [-0.2, 0) is 4.74 Å². The molecule has 2 N–H and O–H groups in total.